The predicted molar refractivity (Wildman–Crippen MR) is 75.5 cm³/mol. The van der Waals surface area contributed by atoms with Crippen molar-refractivity contribution < 1.29 is 5.11 Å². The zero-order chi connectivity index (χ0) is 12.8. The molecule has 0 heterocycles. The molecule has 0 aromatic heterocycles. The van der Waals surface area contributed by atoms with Gasteiger partial charge in [0.1, 0.15) is 0 Å². The van der Waals surface area contributed by atoms with Crippen molar-refractivity contribution in [3.05, 3.63) is 29.8 Å². The molecule has 0 saturated carbocycles. The first-order valence-electron chi connectivity index (χ1n) is 6.16. The van der Waals surface area contributed by atoms with Gasteiger partial charge in [0.2, 0.25) is 0 Å². The van der Waals surface area contributed by atoms with Gasteiger partial charge in [-0.2, -0.15) is 0 Å². The summed E-state index contributed by atoms with van der Waals surface area (Å²) in [5.74, 6) is 0. The van der Waals surface area contributed by atoms with E-state index >= 15 is 0 Å². The Balaban J connectivity index is 2.70. The van der Waals surface area contributed by atoms with Gasteiger partial charge in [0.15, 0.2) is 0 Å². The van der Waals surface area contributed by atoms with Gasteiger partial charge in [0, 0.05) is 16.2 Å². The van der Waals surface area contributed by atoms with Crippen LogP contribution < -0.4 is 5.32 Å². The van der Waals surface area contributed by atoms with Crippen LogP contribution in [0.4, 0.5) is 0 Å². The van der Waals surface area contributed by atoms with Crippen molar-refractivity contribution in [1.29, 1.82) is 0 Å². The summed E-state index contributed by atoms with van der Waals surface area (Å²) in [5, 5.41) is 13.3. The summed E-state index contributed by atoms with van der Waals surface area (Å²) in [7, 11) is 0. The third kappa shape index (κ3) is 5.11. The maximum atomic E-state index is 9.38. The Labute approximate surface area is 109 Å². The van der Waals surface area contributed by atoms with Gasteiger partial charge in [-0.05, 0) is 17.7 Å². The molecular weight excluding hydrogens is 230 g/mol. The van der Waals surface area contributed by atoms with Crippen molar-refractivity contribution >= 4 is 11.8 Å². The van der Waals surface area contributed by atoms with Gasteiger partial charge >= 0.3 is 0 Å². The van der Waals surface area contributed by atoms with Crippen LogP contribution in [-0.4, -0.2) is 23.0 Å². The lowest BCUT2D eigenvalue weighted by molar-refractivity contribution is 0.237. The lowest BCUT2D eigenvalue weighted by Crippen LogP contribution is -2.30. The second kappa shape index (κ2) is 7.04. The van der Waals surface area contributed by atoms with Gasteiger partial charge in [0.25, 0.3) is 0 Å². The number of hydrogen-bond donors (Lipinski definition) is 2. The van der Waals surface area contributed by atoms with Gasteiger partial charge in [-0.15, -0.1) is 11.8 Å². The second-order valence-corrected chi connectivity index (χ2v) is 6.44. The minimum absolute atomic E-state index is 0.0353. The van der Waals surface area contributed by atoms with E-state index in [2.05, 4.69) is 57.3 Å². The summed E-state index contributed by atoms with van der Waals surface area (Å²) in [5.41, 5.74) is 1.15. The van der Waals surface area contributed by atoms with Crippen molar-refractivity contribution in [3.8, 4) is 0 Å². The highest BCUT2D eigenvalue weighted by Crippen LogP contribution is 2.24. The Morgan fingerprint density at radius 1 is 1.12 bits per heavy atom. The Bertz CT molecular complexity index is 321. The van der Waals surface area contributed by atoms with Crippen LogP contribution in [0.3, 0.4) is 0 Å². The summed E-state index contributed by atoms with van der Waals surface area (Å²) in [6.07, 6.45) is 0. The summed E-state index contributed by atoms with van der Waals surface area (Å²) >= 11 is 1.86. The number of aliphatic hydroxyl groups excluding tert-OH is 1. The van der Waals surface area contributed by atoms with Gasteiger partial charge in [0.05, 0.1) is 12.6 Å². The standard InChI is InChI=1S/C14H23NOS/c1-10(2)15-14(9-16)12-5-7-13(8-6-12)17-11(3)4/h5-8,10-11,14-16H,9H2,1-4H3. The second-order valence-electron chi connectivity index (χ2n) is 4.79. The molecule has 0 aliphatic heterocycles. The molecule has 17 heavy (non-hydrogen) atoms. The maximum Gasteiger partial charge on any atom is 0.0626 e. The molecule has 0 fully saturated rings. The molecule has 0 amide bonds. The summed E-state index contributed by atoms with van der Waals surface area (Å²) in [4.78, 5) is 1.28. The van der Waals surface area contributed by atoms with Crippen molar-refractivity contribution in [2.45, 2.75) is 49.9 Å². The smallest absolute Gasteiger partial charge is 0.0626 e. The minimum atomic E-state index is 0.0353. The Kier molecular flexibility index (Phi) is 6.03. The van der Waals surface area contributed by atoms with Gasteiger partial charge in [-0.25, -0.2) is 0 Å². The van der Waals surface area contributed by atoms with Crippen LogP contribution in [0.1, 0.15) is 39.3 Å². The van der Waals surface area contributed by atoms with Crippen molar-refractivity contribution in [3.63, 3.8) is 0 Å². The highest BCUT2D eigenvalue weighted by atomic mass is 32.2. The largest absolute Gasteiger partial charge is 0.394 e. The number of aliphatic hydroxyl groups is 1. The average Bonchev–Trinajstić information content (AvgIpc) is 2.26. The molecule has 2 nitrogen and oxygen atoms in total. The first-order valence-corrected chi connectivity index (χ1v) is 7.04. The van der Waals surface area contributed by atoms with Crippen LogP contribution in [0.2, 0.25) is 0 Å². The molecule has 1 atom stereocenters. The van der Waals surface area contributed by atoms with Crippen LogP contribution in [0, 0.1) is 0 Å². The van der Waals surface area contributed by atoms with E-state index in [9.17, 15) is 5.11 Å². The van der Waals surface area contributed by atoms with Crippen molar-refractivity contribution in [2.75, 3.05) is 6.61 Å². The van der Waals surface area contributed by atoms with Gasteiger partial charge in [-0.1, -0.05) is 39.8 Å². The van der Waals surface area contributed by atoms with Crippen LogP contribution in [0.5, 0.6) is 0 Å². The predicted octanol–water partition coefficient (Wildman–Crippen LogP) is 3.22. The molecule has 1 rings (SSSR count). The first kappa shape index (κ1) is 14.6. The molecule has 0 aliphatic carbocycles. The SMILES string of the molecule is CC(C)NC(CO)c1ccc(SC(C)C)cc1. The molecule has 2 N–H and O–H groups in total. The minimum Gasteiger partial charge on any atom is -0.394 e. The fraction of sp³-hybridized carbons (Fsp3) is 0.571. The summed E-state index contributed by atoms with van der Waals surface area (Å²) in [6.45, 7) is 8.69. The van der Waals surface area contributed by atoms with Crippen LogP contribution >= 0.6 is 11.8 Å². The van der Waals surface area contributed by atoms with E-state index in [4.69, 9.17) is 0 Å². The van der Waals surface area contributed by atoms with E-state index in [1.165, 1.54) is 4.90 Å². The Hall–Kier alpha value is -0.510. The highest BCUT2D eigenvalue weighted by Gasteiger charge is 2.11. The number of hydrogen-bond acceptors (Lipinski definition) is 3. The van der Waals surface area contributed by atoms with Crippen LogP contribution in [0.25, 0.3) is 0 Å². The van der Waals surface area contributed by atoms with Crippen molar-refractivity contribution in [1.82, 2.24) is 5.32 Å². The lowest BCUT2D eigenvalue weighted by Gasteiger charge is -2.19. The highest BCUT2D eigenvalue weighted by molar-refractivity contribution is 7.99. The van der Waals surface area contributed by atoms with Gasteiger partial charge in [-0.3, -0.25) is 0 Å². The number of benzene rings is 1. The summed E-state index contributed by atoms with van der Waals surface area (Å²) in [6, 6.07) is 8.86. The fourth-order valence-electron chi connectivity index (χ4n) is 1.71. The molecule has 3 heteroatoms. The average molecular weight is 253 g/mol. The molecule has 1 aromatic rings. The fourth-order valence-corrected chi connectivity index (χ4v) is 2.55. The number of rotatable bonds is 6. The monoisotopic (exact) mass is 253 g/mol. The van der Waals surface area contributed by atoms with E-state index < -0.39 is 0 Å². The lowest BCUT2D eigenvalue weighted by atomic mass is 10.1. The Morgan fingerprint density at radius 3 is 2.12 bits per heavy atom. The van der Waals surface area contributed by atoms with Crippen LogP contribution in [0.15, 0.2) is 29.2 Å². The van der Waals surface area contributed by atoms with E-state index in [1.54, 1.807) is 0 Å². The van der Waals surface area contributed by atoms with E-state index in [-0.39, 0.29) is 12.6 Å². The topological polar surface area (TPSA) is 32.3 Å². The molecule has 1 unspecified atom stereocenters. The quantitative estimate of drug-likeness (QED) is 0.764. The molecule has 1 aromatic carbocycles. The molecule has 96 valence electrons. The molecule has 0 radical (unpaired) electrons. The molecular formula is C14H23NOS. The zero-order valence-electron chi connectivity index (χ0n) is 11.1. The molecule has 0 spiro atoms. The third-order valence-corrected chi connectivity index (χ3v) is 3.39. The van der Waals surface area contributed by atoms with E-state index in [0.29, 0.717) is 11.3 Å². The third-order valence-electron chi connectivity index (χ3n) is 2.37. The van der Waals surface area contributed by atoms with Crippen LogP contribution in [-0.2, 0) is 0 Å². The molecule has 0 saturated heterocycles. The number of nitrogens with one attached hydrogen (secondary N) is 1. The maximum absolute atomic E-state index is 9.38. The number of thioether (sulfide) groups is 1. The van der Waals surface area contributed by atoms with Crippen molar-refractivity contribution in [2.24, 2.45) is 0 Å². The molecule has 0 bridgehead atoms. The van der Waals surface area contributed by atoms with E-state index in [1.807, 2.05) is 11.8 Å². The Morgan fingerprint density at radius 2 is 1.71 bits per heavy atom. The summed E-state index contributed by atoms with van der Waals surface area (Å²) < 4.78 is 0. The van der Waals surface area contributed by atoms with Gasteiger partial charge < -0.3 is 10.4 Å². The van der Waals surface area contributed by atoms with E-state index in [0.717, 1.165) is 5.56 Å². The molecule has 0 aliphatic rings. The zero-order valence-corrected chi connectivity index (χ0v) is 11.9. The normalized spacial score (nSPS) is 13.4. The first-order chi connectivity index (χ1) is 8.02.